The average Bonchev–Trinajstić information content (AvgIpc) is 2.84. The molecule has 0 spiro atoms. The second kappa shape index (κ2) is 10.1. The molecule has 0 N–H and O–H groups in total. The Kier molecular flexibility index (Phi) is 7.58. The second-order valence-corrected chi connectivity index (χ2v) is 13.6. The first-order chi connectivity index (χ1) is 16.1. The van der Waals surface area contributed by atoms with Crippen molar-refractivity contribution in [2.24, 2.45) is 5.92 Å². The molecule has 1 atom stereocenters. The van der Waals surface area contributed by atoms with Crippen molar-refractivity contribution in [3.63, 3.8) is 0 Å². The van der Waals surface area contributed by atoms with Crippen LogP contribution < -0.4 is 9.64 Å². The Hall–Kier alpha value is -1.66. The number of benzene rings is 2. The van der Waals surface area contributed by atoms with Crippen LogP contribution in [-0.4, -0.2) is 71.8 Å². The first kappa shape index (κ1) is 25.4. The van der Waals surface area contributed by atoms with Gasteiger partial charge in [-0.05, 0) is 61.2 Å². The van der Waals surface area contributed by atoms with Crippen LogP contribution in [-0.2, 0) is 20.0 Å². The van der Waals surface area contributed by atoms with E-state index in [4.69, 9.17) is 4.74 Å². The molecule has 8 nitrogen and oxygen atoms in total. The number of anilines is 1. The quantitative estimate of drug-likeness (QED) is 0.528. The molecule has 0 saturated carbocycles. The van der Waals surface area contributed by atoms with Gasteiger partial charge in [0.05, 0.1) is 22.6 Å². The molecule has 4 rings (SSSR count). The Labute approximate surface area is 210 Å². The van der Waals surface area contributed by atoms with Gasteiger partial charge in [-0.1, -0.05) is 22.9 Å². The highest BCUT2D eigenvalue weighted by atomic mass is 79.9. The van der Waals surface area contributed by atoms with E-state index in [0.717, 1.165) is 17.3 Å². The van der Waals surface area contributed by atoms with Crippen LogP contribution in [0.25, 0.3) is 0 Å². The molecular weight excluding hydrogens is 542 g/mol. The lowest BCUT2D eigenvalue weighted by atomic mass is 10.0. The average molecular weight is 573 g/mol. The minimum atomic E-state index is -3.61. The molecule has 0 bridgehead atoms. The number of hydrogen-bond donors (Lipinski definition) is 0. The van der Waals surface area contributed by atoms with Gasteiger partial charge in [-0.2, -0.15) is 8.61 Å². The summed E-state index contributed by atoms with van der Waals surface area (Å²) in [5.41, 5.74) is 0.661. The van der Waals surface area contributed by atoms with Gasteiger partial charge >= 0.3 is 0 Å². The van der Waals surface area contributed by atoms with Crippen molar-refractivity contribution in [1.82, 2.24) is 8.61 Å². The minimum absolute atomic E-state index is 0.238. The summed E-state index contributed by atoms with van der Waals surface area (Å²) in [4.78, 5) is 2.48. The topological polar surface area (TPSA) is 87.2 Å². The second-order valence-electron chi connectivity index (χ2n) is 8.79. The molecule has 2 aliphatic rings. The van der Waals surface area contributed by atoms with Gasteiger partial charge < -0.3 is 9.64 Å². The summed E-state index contributed by atoms with van der Waals surface area (Å²) in [5.74, 6) is 0.900. The van der Waals surface area contributed by atoms with Crippen LogP contribution in [0, 0.1) is 5.92 Å². The summed E-state index contributed by atoms with van der Waals surface area (Å²) < 4.78 is 62.0. The smallest absolute Gasteiger partial charge is 0.243 e. The van der Waals surface area contributed by atoms with Crippen molar-refractivity contribution in [1.29, 1.82) is 0 Å². The predicted octanol–water partition coefficient (Wildman–Crippen LogP) is 3.39. The highest BCUT2D eigenvalue weighted by molar-refractivity contribution is 9.10. The van der Waals surface area contributed by atoms with E-state index in [1.54, 1.807) is 53.9 Å². The third-order valence-electron chi connectivity index (χ3n) is 6.44. The number of hydrogen-bond acceptors (Lipinski definition) is 6. The lowest BCUT2D eigenvalue weighted by Crippen LogP contribution is -2.48. The molecule has 34 heavy (non-hydrogen) atoms. The number of sulfonamides is 2. The number of methoxy groups -OCH3 is 1. The number of piperazine rings is 1. The molecule has 0 aromatic heterocycles. The Morgan fingerprint density at radius 1 is 0.853 bits per heavy atom. The molecular formula is C23H30BrN3O5S2. The van der Waals surface area contributed by atoms with E-state index in [1.807, 2.05) is 4.90 Å². The van der Waals surface area contributed by atoms with E-state index >= 15 is 0 Å². The molecule has 2 fully saturated rings. The summed E-state index contributed by atoms with van der Waals surface area (Å²) >= 11 is 3.33. The van der Waals surface area contributed by atoms with E-state index in [2.05, 4.69) is 22.9 Å². The zero-order valence-corrected chi connectivity index (χ0v) is 22.6. The molecule has 0 aliphatic carbocycles. The van der Waals surface area contributed by atoms with Gasteiger partial charge in [0.1, 0.15) is 5.75 Å². The standard InChI is InChI=1S/C23H30BrN3O5S2/c1-18-4-3-11-27(17-18)34(30,31)21-9-10-23(32-2)22(16-21)25-12-14-26(15-13-25)33(28,29)20-7-5-19(24)6-8-20/h5-10,16,18H,3-4,11-15,17H2,1-2H3/t18-/m1/s1. The van der Waals surface area contributed by atoms with E-state index < -0.39 is 20.0 Å². The van der Waals surface area contributed by atoms with Crippen LogP contribution in [0.4, 0.5) is 5.69 Å². The summed E-state index contributed by atoms with van der Waals surface area (Å²) in [6.07, 6.45) is 1.89. The van der Waals surface area contributed by atoms with Crippen molar-refractivity contribution in [2.45, 2.75) is 29.6 Å². The van der Waals surface area contributed by atoms with Gasteiger partial charge in [0, 0.05) is 43.7 Å². The molecule has 0 unspecified atom stereocenters. The number of ether oxygens (including phenoxy) is 1. The van der Waals surface area contributed by atoms with Gasteiger partial charge in [-0.15, -0.1) is 0 Å². The van der Waals surface area contributed by atoms with Crippen LogP contribution in [0.1, 0.15) is 19.8 Å². The Bertz CT molecular complexity index is 1230. The first-order valence-electron chi connectivity index (χ1n) is 11.3. The number of nitrogens with zero attached hydrogens (tertiary/aromatic N) is 3. The zero-order valence-electron chi connectivity index (χ0n) is 19.4. The molecule has 2 aromatic carbocycles. The van der Waals surface area contributed by atoms with Crippen molar-refractivity contribution in [3.05, 3.63) is 46.9 Å². The Balaban J connectivity index is 1.54. The molecule has 0 radical (unpaired) electrons. The van der Waals surface area contributed by atoms with E-state index in [-0.39, 0.29) is 9.79 Å². The first-order valence-corrected chi connectivity index (χ1v) is 15.0. The Morgan fingerprint density at radius 3 is 2.09 bits per heavy atom. The van der Waals surface area contributed by atoms with Gasteiger partial charge in [-0.25, -0.2) is 16.8 Å². The van der Waals surface area contributed by atoms with Crippen molar-refractivity contribution >= 4 is 41.7 Å². The van der Waals surface area contributed by atoms with E-state index in [1.165, 1.54) is 4.31 Å². The number of halogens is 1. The fraction of sp³-hybridized carbons (Fsp3) is 0.478. The summed E-state index contributed by atoms with van der Waals surface area (Å²) in [7, 11) is -5.66. The summed E-state index contributed by atoms with van der Waals surface area (Å²) in [6, 6.07) is 11.5. The van der Waals surface area contributed by atoms with Crippen LogP contribution in [0.3, 0.4) is 0 Å². The van der Waals surface area contributed by atoms with Gasteiger partial charge in [0.15, 0.2) is 0 Å². The van der Waals surface area contributed by atoms with Crippen molar-refractivity contribution in [2.75, 3.05) is 51.3 Å². The maximum Gasteiger partial charge on any atom is 0.243 e. The van der Waals surface area contributed by atoms with Crippen molar-refractivity contribution < 1.29 is 21.6 Å². The summed E-state index contributed by atoms with van der Waals surface area (Å²) in [5, 5.41) is 0. The molecule has 2 heterocycles. The molecule has 2 saturated heterocycles. The normalized spacial score (nSPS) is 20.9. The lowest BCUT2D eigenvalue weighted by molar-refractivity contribution is 0.281. The highest BCUT2D eigenvalue weighted by Crippen LogP contribution is 2.34. The third-order valence-corrected chi connectivity index (χ3v) is 10.7. The van der Waals surface area contributed by atoms with Crippen LogP contribution in [0.2, 0.25) is 0 Å². The maximum atomic E-state index is 13.3. The lowest BCUT2D eigenvalue weighted by Gasteiger charge is -2.36. The third kappa shape index (κ3) is 5.13. The van der Waals surface area contributed by atoms with Gasteiger partial charge in [0.2, 0.25) is 20.0 Å². The fourth-order valence-electron chi connectivity index (χ4n) is 4.52. The van der Waals surface area contributed by atoms with Gasteiger partial charge in [0.25, 0.3) is 0 Å². The summed E-state index contributed by atoms with van der Waals surface area (Å²) in [6.45, 7) is 4.57. The number of rotatable bonds is 6. The highest BCUT2D eigenvalue weighted by Gasteiger charge is 2.32. The van der Waals surface area contributed by atoms with Crippen molar-refractivity contribution in [3.8, 4) is 5.75 Å². The van der Waals surface area contributed by atoms with Crippen LogP contribution in [0.15, 0.2) is 56.7 Å². The van der Waals surface area contributed by atoms with Crippen LogP contribution in [0.5, 0.6) is 5.75 Å². The molecule has 0 amide bonds. The predicted molar refractivity (Wildman–Crippen MR) is 135 cm³/mol. The van der Waals surface area contributed by atoms with Gasteiger partial charge in [-0.3, -0.25) is 0 Å². The molecule has 2 aromatic rings. The monoisotopic (exact) mass is 571 g/mol. The van der Waals surface area contributed by atoms with E-state index in [9.17, 15) is 16.8 Å². The molecule has 2 aliphatic heterocycles. The molecule has 186 valence electrons. The molecule has 11 heteroatoms. The van der Waals surface area contributed by atoms with E-state index in [0.29, 0.717) is 56.6 Å². The van der Waals surface area contributed by atoms with Crippen LogP contribution >= 0.6 is 15.9 Å². The fourth-order valence-corrected chi connectivity index (χ4v) is 7.82. The Morgan fingerprint density at radius 2 is 1.47 bits per heavy atom. The largest absolute Gasteiger partial charge is 0.495 e. The SMILES string of the molecule is COc1ccc(S(=O)(=O)N2CCC[C@@H](C)C2)cc1N1CCN(S(=O)(=O)c2ccc(Br)cc2)CC1. The number of piperidine rings is 1. The minimum Gasteiger partial charge on any atom is -0.495 e. The maximum absolute atomic E-state index is 13.3. The zero-order chi connectivity index (χ0) is 24.5.